The van der Waals surface area contributed by atoms with E-state index in [9.17, 15) is 23.1 Å². The Kier molecular flexibility index (Phi) is 5.60. The third-order valence-corrected chi connectivity index (χ3v) is 6.76. The van der Waals surface area contributed by atoms with Crippen LogP contribution in [0.1, 0.15) is 37.5 Å². The second-order valence-electron chi connectivity index (χ2n) is 8.91. The van der Waals surface area contributed by atoms with Crippen LogP contribution in [0.15, 0.2) is 63.8 Å². The number of rotatable bonds is 3. The van der Waals surface area contributed by atoms with Crippen molar-refractivity contribution in [3.63, 3.8) is 0 Å². The fraction of sp³-hybridized carbons (Fsp3) is 0.296. The summed E-state index contributed by atoms with van der Waals surface area (Å²) >= 11 is 0. The molecule has 4 aromatic rings. The second kappa shape index (κ2) is 8.47. The number of benzene rings is 3. The van der Waals surface area contributed by atoms with Crippen molar-refractivity contribution in [1.82, 2.24) is 4.90 Å². The summed E-state index contributed by atoms with van der Waals surface area (Å²) in [5.41, 5.74) is -1.12. The van der Waals surface area contributed by atoms with E-state index in [0.717, 1.165) is 31.2 Å². The Balaban J connectivity index is 1.79. The monoisotopic (exact) mass is 467 g/mol. The van der Waals surface area contributed by atoms with E-state index in [1.807, 2.05) is 0 Å². The zero-order valence-electron chi connectivity index (χ0n) is 18.7. The van der Waals surface area contributed by atoms with E-state index >= 15 is 0 Å². The summed E-state index contributed by atoms with van der Waals surface area (Å²) < 4.78 is 48.4. The quantitative estimate of drug-likeness (QED) is 0.364. The maximum Gasteiger partial charge on any atom is 0.450 e. The number of nitrogens with zero attached hydrogens (tertiary/aromatic N) is 1. The van der Waals surface area contributed by atoms with Crippen molar-refractivity contribution >= 4 is 21.7 Å². The van der Waals surface area contributed by atoms with Crippen LogP contribution < -0.4 is 5.43 Å². The molecule has 3 aromatic carbocycles. The van der Waals surface area contributed by atoms with Gasteiger partial charge in [0.2, 0.25) is 11.2 Å². The Morgan fingerprint density at radius 2 is 1.79 bits per heavy atom. The predicted octanol–water partition coefficient (Wildman–Crippen LogP) is 6.71. The summed E-state index contributed by atoms with van der Waals surface area (Å²) in [4.78, 5) is 15.7. The molecule has 0 amide bonds. The van der Waals surface area contributed by atoms with Crippen molar-refractivity contribution in [2.45, 2.75) is 44.9 Å². The first-order valence-corrected chi connectivity index (χ1v) is 11.4. The third-order valence-electron chi connectivity index (χ3n) is 6.76. The molecule has 176 valence electrons. The molecule has 1 aliphatic rings. The van der Waals surface area contributed by atoms with E-state index < -0.39 is 22.9 Å². The lowest BCUT2D eigenvalue weighted by Gasteiger charge is -2.33. The molecule has 1 atom stereocenters. The van der Waals surface area contributed by atoms with Crippen LogP contribution in [0.25, 0.3) is 32.9 Å². The number of halogens is 3. The number of likely N-dealkylation sites (tertiary alicyclic amines) is 1. The number of piperidine rings is 1. The molecule has 1 aromatic heterocycles. The minimum absolute atomic E-state index is 0.0217. The van der Waals surface area contributed by atoms with Gasteiger partial charge >= 0.3 is 6.18 Å². The maximum absolute atomic E-state index is 14.3. The van der Waals surface area contributed by atoms with Gasteiger partial charge in [0, 0.05) is 12.6 Å². The molecular weight excluding hydrogens is 443 g/mol. The molecule has 0 radical (unpaired) electrons. The average molecular weight is 467 g/mol. The zero-order valence-corrected chi connectivity index (χ0v) is 18.7. The van der Waals surface area contributed by atoms with E-state index in [2.05, 4.69) is 11.8 Å². The van der Waals surface area contributed by atoms with Crippen molar-refractivity contribution < 1.29 is 22.7 Å². The summed E-state index contributed by atoms with van der Waals surface area (Å²) in [6, 6.07) is 14.8. The van der Waals surface area contributed by atoms with Crippen molar-refractivity contribution in [1.29, 1.82) is 0 Å². The number of aromatic hydroxyl groups is 1. The van der Waals surface area contributed by atoms with Gasteiger partial charge in [0.25, 0.3) is 0 Å². The Bertz CT molecular complexity index is 1440. The van der Waals surface area contributed by atoms with Crippen LogP contribution in [0, 0.1) is 0 Å². The molecule has 1 N–H and O–H groups in total. The lowest BCUT2D eigenvalue weighted by molar-refractivity contribution is -0.152. The molecule has 1 saturated heterocycles. The highest BCUT2D eigenvalue weighted by Crippen LogP contribution is 2.41. The fourth-order valence-corrected chi connectivity index (χ4v) is 4.94. The first-order valence-electron chi connectivity index (χ1n) is 11.4. The molecular formula is C27H24F3NO3. The molecule has 1 unspecified atom stereocenters. The van der Waals surface area contributed by atoms with Crippen LogP contribution in [0.5, 0.6) is 5.75 Å². The average Bonchev–Trinajstić information content (AvgIpc) is 2.81. The molecule has 5 rings (SSSR count). The summed E-state index contributed by atoms with van der Waals surface area (Å²) in [7, 11) is 0. The van der Waals surface area contributed by atoms with Crippen LogP contribution in [0.4, 0.5) is 13.2 Å². The van der Waals surface area contributed by atoms with Gasteiger partial charge in [-0.2, -0.15) is 13.2 Å². The highest BCUT2D eigenvalue weighted by atomic mass is 19.4. The van der Waals surface area contributed by atoms with Gasteiger partial charge in [-0.15, -0.1) is 0 Å². The van der Waals surface area contributed by atoms with Gasteiger partial charge in [-0.25, -0.2) is 0 Å². The van der Waals surface area contributed by atoms with Gasteiger partial charge < -0.3 is 9.52 Å². The van der Waals surface area contributed by atoms with Crippen LogP contribution in [-0.2, 0) is 12.7 Å². The first kappa shape index (κ1) is 22.5. The molecule has 0 spiro atoms. The number of hydrogen-bond acceptors (Lipinski definition) is 4. The van der Waals surface area contributed by atoms with Crippen molar-refractivity contribution in [2.24, 2.45) is 0 Å². The molecule has 1 fully saturated rings. The number of phenols is 1. The number of hydrogen-bond donors (Lipinski definition) is 1. The summed E-state index contributed by atoms with van der Waals surface area (Å²) in [6.07, 6.45) is -1.88. The minimum atomic E-state index is -4.90. The normalized spacial score (nSPS) is 17.5. The van der Waals surface area contributed by atoms with Gasteiger partial charge in [-0.3, -0.25) is 9.69 Å². The second-order valence-corrected chi connectivity index (χ2v) is 8.91. The van der Waals surface area contributed by atoms with E-state index in [0.29, 0.717) is 5.39 Å². The van der Waals surface area contributed by atoms with E-state index in [-0.39, 0.29) is 40.4 Å². The molecule has 2 heterocycles. The Morgan fingerprint density at radius 1 is 1.03 bits per heavy atom. The van der Waals surface area contributed by atoms with Crippen LogP contribution in [0.2, 0.25) is 0 Å². The molecule has 0 bridgehead atoms. The number of phenolic OH excluding ortho intramolecular Hbond substituents is 1. The summed E-state index contributed by atoms with van der Waals surface area (Å²) in [5.74, 6) is -1.53. The van der Waals surface area contributed by atoms with Gasteiger partial charge in [-0.05, 0) is 54.8 Å². The van der Waals surface area contributed by atoms with Crippen LogP contribution in [-0.4, -0.2) is 22.6 Å². The molecule has 0 aliphatic carbocycles. The lowest BCUT2D eigenvalue weighted by Crippen LogP contribution is -2.36. The SMILES string of the molecule is CC1CCCCN1Cc1c(O)ccc2c(=O)c(-c3cccc4ccccc34)c(C(F)(F)F)oc12. The van der Waals surface area contributed by atoms with Gasteiger partial charge in [-0.1, -0.05) is 48.9 Å². The van der Waals surface area contributed by atoms with Crippen molar-refractivity contribution in [2.75, 3.05) is 6.54 Å². The summed E-state index contributed by atoms with van der Waals surface area (Å²) in [6.45, 7) is 3.02. The molecule has 1 aliphatic heterocycles. The van der Waals surface area contributed by atoms with Crippen LogP contribution in [0.3, 0.4) is 0 Å². The van der Waals surface area contributed by atoms with Gasteiger partial charge in [0.15, 0.2) is 0 Å². The highest BCUT2D eigenvalue weighted by Gasteiger charge is 2.40. The summed E-state index contributed by atoms with van der Waals surface area (Å²) in [5, 5.41) is 11.8. The third kappa shape index (κ3) is 3.84. The topological polar surface area (TPSA) is 53.7 Å². The Hall–Kier alpha value is -3.32. The van der Waals surface area contributed by atoms with Crippen molar-refractivity contribution in [3.05, 3.63) is 76.1 Å². The Labute approximate surface area is 194 Å². The Morgan fingerprint density at radius 3 is 2.56 bits per heavy atom. The molecule has 34 heavy (non-hydrogen) atoms. The number of alkyl halides is 3. The maximum atomic E-state index is 14.3. The van der Waals surface area contributed by atoms with Crippen LogP contribution >= 0.6 is 0 Å². The molecule has 7 heteroatoms. The van der Waals surface area contributed by atoms with E-state index in [4.69, 9.17) is 4.42 Å². The first-order chi connectivity index (χ1) is 16.3. The molecule has 4 nitrogen and oxygen atoms in total. The standard InChI is InChI=1S/C27H24F3NO3/c1-16-7-4-5-14-31(16)15-21-22(32)13-12-20-24(33)23(26(27(28,29)30)34-25(20)21)19-11-6-9-17-8-2-3-10-18(17)19/h2-3,6,8-13,16,32H,4-5,7,14-15H2,1H3. The van der Waals surface area contributed by atoms with E-state index in [1.54, 1.807) is 36.4 Å². The lowest BCUT2D eigenvalue weighted by atomic mass is 9.95. The number of fused-ring (bicyclic) bond motifs is 2. The smallest absolute Gasteiger partial charge is 0.450 e. The van der Waals surface area contributed by atoms with E-state index in [1.165, 1.54) is 18.2 Å². The minimum Gasteiger partial charge on any atom is -0.507 e. The van der Waals surface area contributed by atoms with Crippen molar-refractivity contribution in [3.8, 4) is 16.9 Å². The predicted molar refractivity (Wildman–Crippen MR) is 126 cm³/mol. The highest BCUT2D eigenvalue weighted by molar-refractivity contribution is 5.99. The molecule has 0 saturated carbocycles. The van der Waals surface area contributed by atoms with Gasteiger partial charge in [0.05, 0.1) is 16.5 Å². The zero-order chi connectivity index (χ0) is 24.0. The largest absolute Gasteiger partial charge is 0.507 e. The fourth-order valence-electron chi connectivity index (χ4n) is 4.94. The van der Waals surface area contributed by atoms with Gasteiger partial charge in [0.1, 0.15) is 11.3 Å².